The molecule has 5 nitrogen and oxygen atoms in total. The first-order valence-electron chi connectivity index (χ1n) is 12.6. The van der Waals surface area contributed by atoms with Gasteiger partial charge < -0.3 is 19.7 Å². The highest BCUT2D eigenvalue weighted by Crippen LogP contribution is 2.54. The molecule has 35 heavy (non-hydrogen) atoms. The second kappa shape index (κ2) is 10.4. The van der Waals surface area contributed by atoms with Crippen molar-refractivity contribution in [2.75, 3.05) is 33.9 Å². The van der Waals surface area contributed by atoms with Crippen LogP contribution < -0.4 is 10.1 Å². The predicted molar refractivity (Wildman–Crippen MR) is 145 cm³/mol. The maximum absolute atomic E-state index is 12.9. The molecule has 0 spiro atoms. The first-order chi connectivity index (χ1) is 16.9. The Morgan fingerprint density at radius 3 is 2.83 bits per heavy atom. The number of ether oxygens (including phenoxy) is 2. The Hall–Kier alpha value is -1.67. The van der Waals surface area contributed by atoms with E-state index >= 15 is 0 Å². The number of halogens is 1. The van der Waals surface area contributed by atoms with Crippen molar-refractivity contribution in [2.45, 2.75) is 55.6 Å². The van der Waals surface area contributed by atoms with Gasteiger partial charge in [0.05, 0.1) is 12.7 Å². The van der Waals surface area contributed by atoms with Crippen LogP contribution in [0.4, 0.5) is 0 Å². The van der Waals surface area contributed by atoms with Crippen LogP contribution in [-0.4, -0.2) is 56.3 Å². The van der Waals surface area contributed by atoms with E-state index in [0.717, 1.165) is 59.8 Å². The van der Waals surface area contributed by atoms with Gasteiger partial charge in [-0.2, -0.15) is 0 Å². The van der Waals surface area contributed by atoms with Gasteiger partial charge in [0.25, 0.3) is 0 Å². The van der Waals surface area contributed by atoms with Gasteiger partial charge in [-0.1, -0.05) is 12.1 Å². The number of hydrogen-bond acceptors (Lipinski definition) is 5. The average Bonchev–Trinajstić information content (AvgIpc) is 3.60. The van der Waals surface area contributed by atoms with E-state index in [1.165, 1.54) is 24.9 Å². The van der Waals surface area contributed by atoms with Gasteiger partial charge in [0.15, 0.2) is 0 Å². The minimum Gasteiger partial charge on any atom is -0.497 e. The summed E-state index contributed by atoms with van der Waals surface area (Å²) in [6.07, 6.45) is 10.0. The molecular weight excluding hydrogens is 524 g/mol. The summed E-state index contributed by atoms with van der Waals surface area (Å²) < 4.78 is 13.1. The zero-order valence-electron chi connectivity index (χ0n) is 20.6. The predicted octanol–water partition coefficient (Wildman–Crippen LogP) is 5.64. The summed E-state index contributed by atoms with van der Waals surface area (Å²) in [7, 11) is 3.61. The van der Waals surface area contributed by atoms with Gasteiger partial charge in [0.2, 0.25) is 5.91 Å². The molecule has 188 valence electrons. The van der Waals surface area contributed by atoms with E-state index in [4.69, 9.17) is 9.47 Å². The Kier molecular flexibility index (Phi) is 7.40. The van der Waals surface area contributed by atoms with Crippen molar-refractivity contribution < 1.29 is 14.3 Å². The number of carbonyl (C=O) groups is 1. The minimum atomic E-state index is -0.271. The fraction of sp³-hybridized carbons (Fsp3) is 0.536. The van der Waals surface area contributed by atoms with E-state index in [2.05, 4.69) is 44.3 Å². The number of amides is 1. The fourth-order valence-corrected chi connectivity index (χ4v) is 7.62. The smallest absolute Gasteiger partial charge is 0.244 e. The van der Waals surface area contributed by atoms with Crippen molar-refractivity contribution >= 4 is 39.2 Å². The molecule has 1 N–H and O–H groups in total. The van der Waals surface area contributed by atoms with Crippen molar-refractivity contribution in [3.8, 4) is 5.75 Å². The van der Waals surface area contributed by atoms with E-state index in [-0.39, 0.29) is 23.0 Å². The Labute approximate surface area is 221 Å². The summed E-state index contributed by atoms with van der Waals surface area (Å²) in [4.78, 5) is 16.5. The number of likely N-dealkylation sites (tertiary alicyclic amines) is 1. The molecule has 5 rings (SSSR count). The highest BCUT2D eigenvalue weighted by atomic mass is 79.9. The molecular formula is C28H35BrN2O3S. The number of hydrogen-bond donors (Lipinski definition) is 1. The van der Waals surface area contributed by atoms with Gasteiger partial charge in [-0.3, -0.25) is 4.79 Å². The van der Waals surface area contributed by atoms with Gasteiger partial charge in [0, 0.05) is 52.5 Å². The average molecular weight is 560 g/mol. The highest BCUT2D eigenvalue weighted by Gasteiger charge is 2.59. The lowest BCUT2D eigenvalue weighted by atomic mass is 9.55. The van der Waals surface area contributed by atoms with Gasteiger partial charge in [0.1, 0.15) is 5.75 Å². The van der Waals surface area contributed by atoms with Crippen LogP contribution in [0.3, 0.4) is 0 Å². The van der Waals surface area contributed by atoms with Crippen molar-refractivity contribution in [3.63, 3.8) is 0 Å². The number of rotatable bonds is 8. The van der Waals surface area contributed by atoms with Crippen LogP contribution in [0.1, 0.15) is 49.0 Å². The highest BCUT2D eigenvalue weighted by molar-refractivity contribution is 9.10. The number of benzene rings is 1. The Morgan fingerprint density at radius 1 is 1.26 bits per heavy atom. The molecule has 7 heteroatoms. The zero-order valence-corrected chi connectivity index (χ0v) is 23.0. The molecule has 1 aromatic heterocycles. The summed E-state index contributed by atoms with van der Waals surface area (Å²) >= 11 is 5.09. The number of thiophene rings is 1. The van der Waals surface area contributed by atoms with Crippen LogP contribution in [0, 0.1) is 5.92 Å². The normalized spacial score (nSPS) is 29.2. The largest absolute Gasteiger partial charge is 0.497 e. The first kappa shape index (κ1) is 25.0. The molecule has 3 atom stereocenters. The van der Waals surface area contributed by atoms with Crippen LogP contribution in [0.25, 0.3) is 6.08 Å². The quantitative estimate of drug-likeness (QED) is 0.426. The van der Waals surface area contributed by atoms with Gasteiger partial charge in [-0.25, -0.2) is 0 Å². The van der Waals surface area contributed by atoms with Crippen LogP contribution in [0.15, 0.2) is 46.3 Å². The van der Waals surface area contributed by atoms with Crippen LogP contribution in [-0.2, 0) is 14.9 Å². The Morgan fingerprint density at radius 2 is 2.11 bits per heavy atom. The van der Waals surface area contributed by atoms with Crippen LogP contribution >= 0.6 is 27.3 Å². The lowest BCUT2D eigenvalue weighted by Crippen LogP contribution is -2.68. The second-order valence-electron chi connectivity index (χ2n) is 10.4. The maximum atomic E-state index is 12.9. The molecule has 1 aromatic carbocycles. The molecule has 2 saturated carbocycles. The van der Waals surface area contributed by atoms with Crippen LogP contribution in [0.2, 0.25) is 0 Å². The van der Waals surface area contributed by atoms with Crippen molar-refractivity contribution in [3.05, 3.63) is 56.7 Å². The maximum Gasteiger partial charge on any atom is 0.244 e. The molecule has 3 fully saturated rings. The fourth-order valence-electron chi connectivity index (χ4n) is 6.28. The molecule has 2 aromatic rings. The molecule has 0 unspecified atom stereocenters. The van der Waals surface area contributed by atoms with E-state index in [1.807, 2.05) is 30.7 Å². The molecule has 1 saturated heterocycles. The number of methoxy groups -OCH3 is 2. The summed E-state index contributed by atoms with van der Waals surface area (Å²) in [5, 5.41) is 5.34. The van der Waals surface area contributed by atoms with Crippen LogP contribution in [0.5, 0.6) is 5.75 Å². The topological polar surface area (TPSA) is 50.8 Å². The molecule has 1 aliphatic heterocycles. The third-order valence-electron chi connectivity index (χ3n) is 8.26. The summed E-state index contributed by atoms with van der Waals surface area (Å²) in [5.74, 6) is 1.70. The number of piperidine rings is 1. The van der Waals surface area contributed by atoms with Gasteiger partial charge in [-0.05, 0) is 96.8 Å². The van der Waals surface area contributed by atoms with Gasteiger partial charge in [-0.15, -0.1) is 11.3 Å². The summed E-state index contributed by atoms with van der Waals surface area (Å²) in [6, 6.07) is 10.6. The third-order valence-corrected chi connectivity index (χ3v) is 9.92. The van der Waals surface area contributed by atoms with Crippen molar-refractivity contribution in [1.82, 2.24) is 10.2 Å². The molecule has 1 amide bonds. The minimum absolute atomic E-state index is 0.0311. The molecule has 0 radical (unpaired) electrons. The molecule has 2 aliphatic carbocycles. The van der Waals surface area contributed by atoms with E-state index in [0.29, 0.717) is 0 Å². The number of carbonyl (C=O) groups excluding carboxylic acids is 1. The second-order valence-corrected chi connectivity index (χ2v) is 12.2. The third kappa shape index (κ3) is 5.24. The van der Waals surface area contributed by atoms with E-state index < -0.39 is 0 Å². The standard InChI is InChI=1S/C28H35BrN2O3S/c1-33-24-5-3-4-21(14-24)27-12-13-31(17-20-6-7-20)19-28(27,34-2)11-10-23(16-27)30-26(32)9-8-25-15-22(29)18-35-25/h3-5,8-9,14-15,18,20,23H,6-7,10-13,16-17,19H2,1-2H3,(H,30,32)/b9-8+/t23-,27-,28-/m0/s1. The lowest BCUT2D eigenvalue weighted by Gasteiger charge is -2.60. The zero-order chi connectivity index (χ0) is 24.5. The van der Waals surface area contributed by atoms with Gasteiger partial charge >= 0.3 is 0 Å². The monoisotopic (exact) mass is 558 g/mol. The van der Waals surface area contributed by atoms with Crippen molar-refractivity contribution in [1.29, 1.82) is 0 Å². The van der Waals surface area contributed by atoms with E-state index in [9.17, 15) is 4.79 Å². The Balaban J connectivity index is 1.39. The summed E-state index contributed by atoms with van der Waals surface area (Å²) in [5.41, 5.74) is 0.824. The number of nitrogens with one attached hydrogen (secondary N) is 1. The number of fused-ring (bicyclic) bond motifs is 1. The molecule has 2 heterocycles. The Bertz CT molecular complexity index is 1080. The van der Waals surface area contributed by atoms with Crippen molar-refractivity contribution in [2.24, 2.45) is 5.92 Å². The molecule has 3 aliphatic rings. The lowest BCUT2D eigenvalue weighted by molar-refractivity contribution is -0.150. The number of nitrogens with zero attached hydrogens (tertiary/aromatic N) is 1. The molecule has 0 bridgehead atoms. The first-order valence-corrected chi connectivity index (χ1v) is 14.3. The SMILES string of the molecule is COc1cccc([C@@]23CCN(CC4CC4)C[C@@]2(OC)CC[C@H](NC(=O)/C=C/c2cc(Br)cs2)C3)c1. The van der Waals surface area contributed by atoms with E-state index in [1.54, 1.807) is 24.5 Å². The summed E-state index contributed by atoms with van der Waals surface area (Å²) in [6.45, 7) is 3.20.